The molecule has 0 aliphatic heterocycles. The molecule has 1 aromatic rings. The lowest BCUT2D eigenvalue weighted by molar-refractivity contribution is 0.0690. The number of anilines is 1. The molecule has 0 unspecified atom stereocenters. The van der Waals surface area contributed by atoms with Crippen LogP contribution in [-0.2, 0) is 0 Å². The molecule has 1 aliphatic rings. The molecule has 1 aromatic carbocycles. The number of hydrogen-bond donors (Lipinski definition) is 2. The fraction of sp³-hybridized carbons (Fsp3) is 0.462. The lowest BCUT2D eigenvalue weighted by atomic mass is 10.0. The minimum atomic E-state index is -1.47. The summed E-state index contributed by atoms with van der Waals surface area (Å²) >= 11 is 0. The topological polar surface area (TPSA) is 49.3 Å². The predicted molar refractivity (Wildman–Crippen MR) is 63.8 cm³/mol. The molecular formula is C13H15F2NO2. The van der Waals surface area contributed by atoms with Crippen LogP contribution in [-0.4, -0.2) is 17.6 Å². The van der Waals surface area contributed by atoms with Crippen molar-refractivity contribution in [3.63, 3.8) is 0 Å². The molecule has 1 aliphatic carbocycles. The maximum atomic E-state index is 13.6. The van der Waals surface area contributed by atoms with E-state index in [9.17, 15) is 13.6 Å². The van der Waals surface area contributed by atoms with E-state index in [1.807, 2.05) is 0 Å². The van der Waals surface area contributed by atoms with Crippen LogP contribution in [0.5, 0.6) is 0 Å². The summed E-state index contributed by atoms with van der Waals surface area (Å²) in [5.74, 6) is -3.90. The van der Waals surface area contributed by atoms with E-state index in [4.69, 9.17) is 5.11 Å². The molecule has 0 aromatic heterocycles. The normalized spacial score (nSPS) is 16.4. The van der Waals surface area contributed by atoms with Gasteiger partial charge in [0.05, 0.1) is 11.3 Å². The van der Waals surface area contributed by atoms with Crippen LogP contribution in [0.2, 0.25) is 0 Å². The molecule has 2 rings (SSSR count). The Morgan fingerprint density at radius 3 is 2.56 bits per heavy atom. The van der Waals surface area contributed by atoms with Crippen molar-refractivity contribution in [2.45, 2.75) is 26.2 Å². The summed E-state index contributed by atoms with van der Waals surface area (Å²) in [5, 5.41) is 11.5. The predicted octanol–water partition coefficient (Wildman–Crippen LogP) is 3.27. The van der Waals surface area contributed by atoms with Gasteiger partial charge in [-0.2, -0.15) is 0 Å². The molecule has 1 fully saturated rings. The van der Waals surface area contributed by atoms with Crippen molar-refractivity contribution in [1.82, 2.24) is 0 Å². The zero-order valence-electron chi connectivity index (χ0n) is 10.1. The minimum absolute atomic E-state index is 0.0252. The van der Waals surface area contributed by atoms with Gasteiger partial charge in [-0.15, -0.1) is 0 Å². The molecule has 18 heavy (non-hydrogen) atoms. The van der Waals surface area contributed by atoms with Crippen LogP contribution < -0.4 is 5.32 Å². The van der Waals surface area contributed by atoms with Gasteiger partial charge in [0.1, 0.15) is 0 Å². The molecule has 98 valence electrons. The number of rotatable bonds is 5. The second-order valence-electron chi connectivity index (χ2n) is 4.80. The Morgan fingerprint density at radius 2 is 2.06 bits per heavy atom. The molecule has 0 spiro atoms. The molecular weight excluding hydrogens is 240 g/mol. The summed E-state index contributed by atoms with van der Waals surface area (Å²) in [6.45, 7) is 2.66. The third-order valence-corrected chi connectivity index (χ3v) is 3.67. The fourth-order valence-electron chi connectivity index (χ4n) is 1.97. The van der Waals surface area contributed by atoms with Crippen molar-refractivity contribution in [3.8, 4) is 0 Å². The number of benzene rings is 1. The molecule has 3 nitrogen and oxygen atoms in total. The van der Waals surface area contributed by atoms with Crippen LogP contribution in [0.25, 0.3) is 0 Å². The first kappa shape index (κ1) is 12.8. The molecule has 0 radical (unpaired) electrons. The molecule has 0 atom stereocenters. The van der Waals surface area contributed by atoms with Gasteiger partial charge in [-0.1, -0.05) is 6.92 Å². The Kier molecular flexibility index (Phi) is 3.24. The molecule has 5 heteroatoms. The van der Waals surface area contributed by atoms with Crippen LogP contribution in [0.1, 0.15) is 36.5 Å². The number of hydrogen-bond acceptors (Lipinski definition) is 2. The molecule has 2 N–H and O–H groups in total. The lowest BCUT2D eigenvalue weighted by Gasteiger charge is -2.15. The average Bonchev–Trinajstić information content (AvgIpc) is 3.11. The van der Waals surface area contributed by atoms with E-state index in [1.165, 1.54) is 6.07 Å². The Hall–Kier alpha value is -1.65. The summed E-state index contributed by atoms with van der Waals surface area (Å²) < 4.78 is 27.1. The van der Waals surface area contributed by atoms with Gasteiger partial charge in [-0.25, -0.2) is 13.6 Å². The first-order valence-corrected chi connectivity index (χ1v) is 5.94. The smallest absolute Gasteiger partial charge is 0.338 e. The zero-order valence-corrected chi connectivity index (χ0v) is 10.1. The third kappa shape index (κ3) is 2.30. The van der Waals surface area contributed by atoms with Gasteiger partial charge in [0.25, 0.3) is 0 Å². The highest BCUT2D eigenvalue weighted by molar-refractivity contribution is 5.88. The Labute approximate surface area is 104 Å². The van der Waals surface area contributed by atoms with Crippen LogP contribution in [0, 0.1) is 17.0 Å². The summed E-state index contributed by atoms with van der Waals surface area (Å²) in [5.41, 5.74) is -0.416. The van der Waals surface area contributed by atoms with Gasteiger partial charge < -0.3 is 10.4 Å². The summed E-state index contributed by atoms with van der Waals surface area (Å²) in [4.78, 5) is 10.6. The quantitative estimate of drug-likeness (QED) is 0.849. The van der Waals surface area contributed by atoms with E-state index in [2.05, 4.69) is 12.2 Å². The highest BCUT2D eigenvalue weighted by atomic mass is 19.2. The Bertz CT molecular complexity index is 484. The maximum Gasteiger partial charge on any atom is 0.338 e. The van der Waals surface area contributed by atoms with Crippen molar-refractivity contribution >= 4 is 11.7 Å². The van der Waals surface area contributed by atoms with Gasteiger partial charge >= 0.3 is 5.97 Å². The second kappa shape index (κ2) is 4.55. The van der Waals surface area contributed by atoms with Crippen LogP contribution >= 0.6 is 0 Å². The maximum absolute atomic E-state index is 13.6. The SMILES string of the molecule is CCC1(CNc2ccc(C(=O)O)c(F)c2F)CC1. The standard InChI is InChI=1S/C13H15F2NO2/c1-2-13(5-6-13)7-16-9-4-3-8(12(17)18)10(14)11(9)15/h3-4,16H,2,5-7H2,1H3,(H,17,18). The van der Waals surface area contributed by atoms with Gasteiger partial charge in [-0.05, 0) is 36.8 Å². The van der Waals surface area contributed by atoms with Crippen molar-refractivity contribution < 1.29 is 18.7 Å². The fourth-order valence-corrected chi connectivity index (χ4v) is 1.97. The number of carboxylic acid groups (broad SMARTS) is 1. The largest absolute Gasteiger partial charge is 0.478 e. The van der Waals surface area contributed by atoms with E-state index in [1.54, 1.807) is 0 Å². The number of carbonyl (C=O) groups is 1. The van der Waals surface area contributed by atoms with E-state index >= 15 is 0 Å². The first-order valence-electron chi connectivity index (χ1n) is 5.94. The van der Waals surface area contributed by atoms with Gasteiger partial charge in [0.15, 0.2) is 11.6 Å². The van der Waals surface area contributed by atoms with Gasteiger partial charge in [0.2, 0.25) is 0 Å². The number of nitrogens with one attached hydrogen (secondary N) is 1. The Morgan fingerprint density at radius 1 is 1.39 bits per heavy atom. The highest BCUT2D eigenvalue weighted by Gasteiger charge is 2.40. The molecule has 0 saturated heterocycles. The van der Waals surface area contributed by atoms with Crippen LogP contribution in [0.4, 0.5) is 14.5 Å². The highest BCUT2D eigenvalue weighted by Crippen LogP contribution is 2.48. The lowest BCUT2D eigenvalue weighted by Crippen LogP contribution is -2.16. The third-order valence-electron chi connectivity index (χ3n) is 3.67. The van der Waals surface area contributed by atoms with Crippen molar-refractivity contribution in [2.24, 2.45) is 5.41 Å². The number of carboxylic acids is 1. The van der Waals surface area contributed by atoms with E-state index in [0.29, 0.717) is 6.54 Å². The second-order valence-corrected chi connectivity index (χ2v) is 4.80. The van der Waals surface area contributed by atoms with E-state index < -0.39 is 23.2 Å². The van der Waals surface area contributed by atoms with Crippen LogP contribution in [0.15, 0.2) is 12.1 Å². The van der Waals surface area contributed by atoms with Crippen LogP contribution in [0.3, 0.4) is 0 Å². The average molecular weight is 255 g/mol. The van der Waals surface area contributed by atoms with E-state index in [-0.39, 0.29) is 11.1 Å². The van der Waals surface area contributed by atoms with Gasteiger partial charge in [-0.3, -0.25) is 0 Å². The molecule has 0 bridgehead atoms. The van der Waals surface area contributed by atoms with Crippen molar-refractivity contribution in [3.05, 3.63) is 29.3 Å². The van der Waals surface area contributed by atoms with E-state index in [0.717, 1.165) is 25.3 Å². The number of aromatic carboxylic acids is 1. The zero-order chi connectivity index (χ0) is 13.3. The Balaban J connectivity index is 2.14. The number of halogens is 2. The summed E-state index contributed by atoms with van der Waals surface area (Å²) in [7, 11) is 0. The molecule has 0 heterocycles. The minimum Gasteiger partial charge on any atom is -0.478 e. The van der Waals surface area contributed by atoms with Crippen molar-refractivity contribution in [2.75, 3.05) is 11.9 Å². The van der Waals surface area contributed by atoms with Gasteiger partial charge in [0, 0.05) is 6.54 Å². The monoisotopic (exact) mass is 255 g/mol. The first-order chi connectivity index (χ1) is 8.49. The summed E-state index contributed by atoms with van der Waals surface area (Å²) in [6, 6.07) is 2.35. The molecule has 0 amide bonds. The van der Waals surface area contributed by atoms with Crippen molar-refractivity contribution in [1.29, 1.82) is 0 Å². The molecule has 1 saturated carbocycles. The summed E-state index contributed by atoms with van der Waals surface area (Å²) in [6.07, 6.45) is 3.18.